The fourth-order valence-electron chi connectivity index (χ4n) is 14.2. The van der Waals surface area contributed by atoms with Gasteiger partial charge in [-0.3, -0.25) is 125 Å². The van der Waals surface area contributed by atoms with Gasteiger partial charge in [0.05, 0.1) is 51.3 Å². The van der Waals surface area contributed by atoms with Crippen LogP contribution in [-0.4, -0.2) is 344 Å². The van der Waals surface area contributed by atoms with E-state index in [2.05, 4.69) is 111 Å². The van der Waals surface area contributed by atoms with Crippen molar-refractivity contribution in [1.29, 1.82) is 5.41 Å². The summed E-state index contributed by atoms with van der Waals surface area (Å²) in [5.41, 5.74) is 27.8. The lowest BCUT2D eigenvalue weighted by atomic mass is 9.94. The van der Waals surface area contributed by atoms with E-state index >= 15 is 0 Å². The summed E-state index contributed by atoms with van der Waals surface area (Å²) in [7, 11) is 0. The van der Waals surface area contributed by atoms with Gasteiger partial charge in [-0.25, -0.2) is 4.98 Å². The van der Waals surface area contributed by atoms with Crippen LogP contribution in [0.5, 0.6) is 0 Å². The first kappa shape index (κ1) is 127. The van der Waals surface area contributed by atoms with Crippen molar-refractivity contribution in [2.24, 2.45) is 52.3 Å². The van der Waals surface area contributed by atoms with Crippen molar-refractivity contribution < 1.29 is 140 Å². The number of hydrogen-bond acceptors (Lipinski definition) is 30. The fourth-order valence-corrected chi connectivity index (χ4v) is 14.7. The van der Waals surface area contributed by atoms with E-state index in [9.17, 15) is 135 Å². The summed E-state index contributed by atoms with van der Waals surface area (Å²) in [5.74, 6) is -30.6. The van der Waals surface area contributed by atoms with Gasteiger partial charge in [0.15, 0.2) is 5.96 Å². The summed E-state index contributed by atoms with van der Waals surface area (Å²) in [6.07, 6.45) is -0.0278. The number of carbonyl (C=O) groups excluding carboxylic acids is 21. The lowest BCUT2D eigenvalue weighted by molar-refractivity contribution is -0.146. The number of aromatic amines is 1. The van der Waals surface area contributed by atoms with Crippen LogP contribution < -0.4 is 130 Å². The van der Waals surface area contributed by atoms with E-state index in [1.54, 1.807) is 40.9 Å². The number of unbranched alkanes of at least 4 members (excludes halogenated alkanes) is 1. The van der Waals surface area contributed by atoms with Gasteiger partial charge in [-0.05, 0) is 127 Å². The summed E-state index contributed by atoms with van der Waals surface area (Å²) in [6, 6.07) is -25.1. The molecule has 57 nitrogen and oxygen atoms in total. The number of carboxylic acids is 4. The predicted octanol–water partition coefficient (Wildman–Crippen LogP) is -10.5. The van der Waals surface area contributed by atoms with Crippen molar-refractivity contribution in [3.8, 4) is 0 Å². The molecule has 0 radical (unpaired) electrons. The minimum Gasteiger partial charge on any atom is -0.481 e. The number of carboxylic acid groups (broad SMARTS) is 4. The molecule has 2 heterocycles. The fraction of sp³-hybridized carbons (Fsp3) is 0.667. The highest BCUT2D eigenvalue weighted by atomic mass is 32.2. The first-order valence-corrected chi connectivity index (χ1v) is 48.5. The third kappa shape index (κ3) is 48.4. The third-order valence-corrected chi connectivity index (χ3v) is 23.3. The monoisotopic (exact) mass is 2080 g/mol. The molecule has 1 aliphatic heterocycles. The molecule has 1 saturated heterocycles. The zero-order chi connectivity index (χ0) is 110. The molecule has 1 aromatic heterocycles. The number of H-pyrrole nitrogens is 1. The number of aliphatic carboxylic acids is 4. The van der Waals surface area contributed by atoms with Crippen LogP contribution in [0.25, 0.3) is 0 Å². The van der Waals surface area contributed by atoms with Crippen molar-refractivity contribution in [2.45, 2.75) is 288 Å². The Kier molecular flexibility index (Phi) is 57.3. The number of nitrogens with two attached hydrogens (primary N) is 5. The number of nitrogens with zero attached hydrogens (tertiary/aromatic N) is 2. The van der Waals surface area contributed by atoms with Crippen molar-refractivity contribution >= 4 is 166 Å². The molecule has 0 bridgehead atoms. The van der Waals surface area contributed by atoms with Gasteiger partial charge in [-0.1, -0.05) is 68.2 Å². The Balaban J connectivity index is 2.30. The van der Waals surface area contributed by atoms with Crippen LogP contribution >= 0.6 is 11.8 Å². The van der Waals surface area contributed by atoms with Gasteiger partial charge in [0.2, 0.25) is 124 Å². The summed E-state index contributed by atoms with van der Waals surface area (Å²) in [6.45, 7) is 11.9. The number of guanidine groups is 1. The Morgan fingerprint density at radius 2 is 0.855 bits per heavy atom. The summed E-state index contributed by atoms with van der Waals surface area (Å²) < 4.78 is 0. The van der Waals surface area contributed by atoms with E-state index in [0.717, 1.165) is 4.90 Å². The van der Waals surface area contributed by atoms with E-state index in [1.165, 1.54) is 58.9 Å². The minimum absolute atomic E-state index is 0.0112. The highest BCUT2D eigenvalue weighted by Gasteiger charge is 2.43. The first-order chi connectivity index (χ1) is 68.1. The van der Waals surface area contributed by atoms with E-state index in [-0.39, 0.29) is 101 Å². The smallest absolute Gasteiger partial charge is 0.322 e. The Morgan fingerprint density at radius 3 is 1.32 bits per heavy atom. The van der Waals surface area contributed by atoms with Gasteiger partial charge in [-0.15, -0.1) is 0 Å². The molecule has 812 valence electrons. The largest absolute Gasteiger partial charge is 0.481 e. The van der Waals surface area contributed by atoms with Gasteiger partial charge in [-0.2, -0.15) is 11.8 Å². The third-order valence-electron chi connectivity index (χ3n) is 22.7. The summed E-state index contributed by atoms with van der Waals surface area (Å²) in [5, 5.41) is 91.1. The SMILES string of the molecule is CC[C@H](C)[C@H](NC(=O)[C@H](CC(=O)O)NC(=O)CNC(=O)[C@H](CCC(N)=O)NC(=O)[C@H](C)NC(=O)[C@H](CC(C)C)NC(=O)[C@@H](NC(=O)CNC(=O)[C@H](CCC(N)=O)NC(=O)[C@H](Cc1cnc[nH]1)NC(=O)[C@@H]1CCCN1C(=O)[C@H](CC(=O)O)NC(=O)CNC(=O)[C@@H](N)CCCNC(=N)N)C(C)C)C(=O)N[C@H](C(=O)N[C@@H](CCSC)C(=O)N[C@@H](CC(=O)O)C(=O)N[C@@H](C)C(=O)N[C@@H](CCCCN)C(=O)NCC(=O)O)[C@@H](C)CC. The Bertz CT molecular complexity index is 4660. The lowest BCUT2D eigenvalue weighted by Crippen LogP contribution is -2.62. The molecule has 0 aromatic carbocycles. The van der Waals surface area contributed by atoms with Crippen molar-refractivity contribution in [3.05, 3.63) is 18.2 Å². The molecule has 2 rings (SSSR count). The maximum Gasteiger partial charge on any atom is 0.322 e. The molecular formula is C87H144N28O29S. The first-order valence-electron chi connectivity index (χ1n) is 47.2. The Morgan fingerprint density at radius 1 is 0.441 bits per heavy atom. The van der Waals surface area contributed by atoms with Crippen LogP contribution in [0.2, 0.25) is 0 Å². The topological polar surface area (TPSA) is 922 Å². The Hall–Kier alpha value is -14.5. The standard InChI is InChI=1S/C87H144N28O29S/c1-12-43(7)69(84(142)108-52(25-29-145-11)77(135)109-56(33-65(123)124)79(137)102-45(9)71(129)105-49(19-14-15-26-88)74(132)99-39-67(127)128)114-85(143)70(44(8)13-2)113-81(139)55(32-64(121)122)103-61(118)37-97-75(133)50(21-23-59(90)116)106-72(130)46(10)101-78(136)53(30-41(3)4)111-83(141)68(42(5)6)112-63(120)38-98-76(134)51(22-24-60(91)117)107-80(138)54(31-47-35-94-40-100-47)110-82(140)58-20-17-28-115(58)86(144)57(34-66(125)126)104-62(119)36-96-73(131)48(89)18-16-27-95-87(92)93/h35,40-46,48-58,68-70H,12-34,36-39,88-89H2,1-11H3,(H2,90,116)(H2,91,117)(H,94,100)(H,96,131)(H,97,133)(H,98,134)(H,99,132)(H,101,136)(H,102,137)(H,103,118)(H,104,119)(H,105,129)(H,106,130)(H,107,138)(H,108,142)(H,109,135)(H,110,140)(H,111,141)(H,112,120)(H,113,139)(H,114,143)(H,121,122)(H,123,124)(H,125,126)(H,127,128)(H4,92,93,95)/t43-,44-,45-,46-,48-,49-,50-,51-,52-,53-,54-,55-,56-,57-,58-,68-,69-,70-/m0/s1. The van der Waals surface area contributed by atoms with Crippen LogP contribution in [0.1, 0.15) is 191 Å². The number of amides is 21. The Labute approximate surface area is 839 Å². The predicted molar refractivity (Wildman–Crippen MR) is 515 cm³/mol. The number of thioether (sulfide) groups is 1. The molecular weight excluding hydrogens is 1930 g/mol. The number of hydrogen-bond donors (Lipinski definition) is 30. The summed E-state index contributed by atoms with van der Waals surface area (Å²) in [4.78, 5) is 343. The van der Waals surface area contributed by atoms with Crippen LogP contribution in [0, 0.1) is 29.1 Å². The molecule has 1 aliphatic rings. The maximum atomic E-state index is 14.5. The number of rotatable bonds is 70. The van der Waals surface area contributed by atoms with Crippen molar-refractivity contribution in [3.63, 3.8) is 0 Å². The lowest BCUT2D eigenvalue weighted by Gasteiger charge is -2.31. The second-order valence-electron chi connectivity index (χ2n) is 35.5. The van der Waals surface area contributed by atoms with Gasteiger partial charge in [0.1, 0.15) is 97.2 Å². The van der Waals surface area contributed by atoms with Gasteiger partial charge in [0.25, 0.3) is 0 Å². The molecule has 0 unspecified atom stereocenters. The zero-order valence-corrected chi connectivity index (χ0v) is 83.8. The highest BCUT2D eigenvalue weighted by molar-refractivity contribution is 7.98. The molecule has 21 amide bonds. The van der Waals surface area contributed by atoms with Crippen LogP contribution in [-0.2, 0) is 126 Å². The maximum absolute atomic E-state index is 14.5. The minimum atomic E-state index is -2.00. The van der Waals surface area contributed by atoms with E-state index in [1.807, 2.05) is 0 Å². The molecule has 0 aliphatic carbocycles. The van der Waals surface area contributed by atoms with Gasteiger partial charge < -0.3 is 160 Å². The van der Waals surface area contributed by atoms with Crippen LogP contribution in [0.3, 0.4) is 0 Å². The molecule has 35 N–H and O–H groups in total. The quantitative estimate of drug-likeness (QED) is 0.0164. The van der Waals surface area contributed by atoms with Crippen LogP contribution in [0.4, 0.5) is 0 Å². The molecule has 18 atom stereocenters. The van der Waals surface area contributed by atoms with E-state index < -0.39 is 333 Å². The molecule has 1 fully saturated rings. The average molecular weight is 2080 g/mol. The number of primary amides is 2. The van der Waals surface area contributed by atoms with E-state index in [0.29, 0.717) is 19.3 Å². The molecule has 58 heteroatoms. The van der Waals surface area contributed by atoms with Gasteiger partial charge in [0, 0.05) is 44.2 Å². The number of carbonyl (C=O) groups is 25. The molecule has 145 heavy (non-hydrogen) atoms. The molecule has 1 aromatic rings. The highest BCUT2D eigenvalue weighted by Crippen LogP contribution is 2.22. The summed E-state index contributed by atoms with van der Waals surface area (Å²) >= 11 is 1.22. The zero-order valence-electron chi connectivity index (χ0n) is 83.0. The van der Waals surface area contributed by atoms with Crippen molar-refractivity contribution in [2.75, 3.05) is 57.8 Å². The second-order valence-corrected chi connectivity index (χ2v) is 36.5. The second kappa shape index (κ2) is 65.6. The number of imidazole rings is 1. The number of likely N-dealkylation sites (tertiary alicyclic amines) is 1. The normalized spacial score (nSPS) is 15.6. The van der Waals surface area contributed by atoms with E-state index in [4.69, 9.17) is 39.2 Å². The van der Waals surface area contributed by atoms with Gasteiger partial charge >= 0.3 is 23.9 Å². The average Bonchev–Trinajstić information content (AvgIpc) is 1.71. The molecule has 0 spiro atoms. The number of nitrogens with one attached hydrogen (secondary N) is 21. The number of aromatic nitrogens is 2. The molecule has 0 saturated carbocycles. The van der Waals surface area contributed by atoms with Crippen molar-refractivity contribution in [1.82, 2.24) is 116 Å². The van der Waals surface area contributed by atoms with Crippen LogP contribution in [0.15, 0.2) is 12.5 Å².